The van der Waals surface area contributed by atoms with E-state index in [0.29, 0.717) is 105 Å². The van der Waals surface area contributed by atoms with Gasteiger partial charge in [0.25, 0.3) is 0 Å². The second-order valence-corrected chi connectivity index (χ2v) is 42.2. The maximum Gasteiger partial charge on any atom is 0.408 e. The molecule has 0 unspecified atom stereocenters. The predicted octanol–water partition coefficient (Wildman–Crippen LogP) is 13.9. The van der Waals surface area contributed by atoms with Crippen LogP contribution in [0.1, 0.15) is 194 Å². The number of hydrogen-bond donors (Lipinski definition) is 9. The number of aliphatic carboxylic acids is 3. The first-order chi connectivity index (χ1) is 68.7. The largest absolute Gasteiger partial charge is 0.481 e. The lowest BCUT2D eigenvalue weighted by atomic mass is 9.81. The van der Waals surface area contributed by atoms with Crippen LogP contribution < -0.4 is 32.3 Å². The summed E-state index contributed by atoms with van der Waals surface area (Å²) in [6, 6.07) is 47.5. The van der Waals surface area contributed by atoms with E-state index in [-0.39, 0.29) is 119 Å². The summed E-state index contributed by atoms with van der Waals surface area (Å²) in [6.07, 6.45) is 3.14. The number of hydrogen-bond acceptors (Lipinski definition) is 23. The highest BCUT2D eigenvalue weighted by Gasteiger charge is 2.47. The number of nitrogens with one attached hydrogen (secondary N) is 5. The second kappa shape index (κ2) is 59.2. The zero-order valence-electron chi connectivity index (χ0n) is 86.8. The van der Waals surface area contributed by atoms with E-state index in [9.17, 15) is 82.1 Å². The van der Waals surface area contributed by atoms with Crippen LogP contribution in [0.3, 0.4) is 0 Å². The summed E-state index contributed by atoms with van der Waals surface area (Å²) >= 11 is 18.4. The van der Waals surface area contributed by atoms with Gasteiger partial charge in [0.15, 0.2) is 11.6 Å². The van der Waals surface area contributed by atoms with E-state index in [1.807, 2.05) is 127 Å². The molecule has 9 rings (SSSR count). The molecular formula is C109H148Cl3N9O25. The standard InChI is InChI=1S/2C36H48ClN3O8.C28H36ClN3O5.C9H16O4/c2*1-24(38-34(46)48-35(2,3)4)30(41)19-28(22-47-5)32(44)39-36(21-26-12-14-29(37)15-13-26)16-9-17-40(23-36)33(45)27(20-31(42)43)18-25-10-7-6-8-11-25;1-36-18-24(30)26(34)31-28(17-21-9-11-23(29)12-10-21)13-6-14-32(19-28)27(35)22(16-25(33)37-2)15-20-7-4-3-5-8-20;1-6(8(11)12)5-7(10)13-9(2,3)4/h2*6-8,10-15,24,27-28H,9,16-23H2,1-5H3,(H,38,46)(H,39,44)(H,42,43);3-5,7-12,22,24H,6,13-19,30H2,1-2H3,(H,31,34);6H,5H2,1-4H3,(H,11,12)/t2*24-,27+,28-,36+;22-,24+,28-;6-/m0011/s1. The van der Waals surface area contributed by atoms with Crippen LogP contribution in [0, 0.1) is 35.5 Å². The molecule has 3 aliphatic rings. The van der Waals surface area contributed by atoms with Gasteiger partial charge in [-0.1, -0.05) is 169 Å². The van der Waals surface area contributed by atoms with Crippen LogP contribution in [0.4, 0.5) is 9.59 Å². The van der Waals surface area contributed by atoms with Gasteiger partial charge in [-0.05, 0) is 223 Å². The summed E-state index contributed by atoms with van der Waals surface area (Å²) in [5.74, 6) is -11.3. The van der Waals surface area contributed by atoms with E-state index in [2.05, 4.69) is 26.6 Å². The molecule has 8 amide bonds. The van der Waals surface area contributed by atoms with E-state index in [1.54, 1.807) is 113 Å². The molecule has 34 nitrogen and oxygen atoms in total. The van der Waals surface area contributed by atoms with Crippen LogP contribution in [0.15, 0.2) is 164 Å². The smallest absolute Gasteiger partial charge is 0.408 e. The molecule has 3 aliphatic heterocycles. The molecule has 6 aromatic carbocycles. The van der Waals surface area contributed by atoms with Crippen molar-refractivity contribution in [1.82, 2.24) is 41.3 Å². The lowest BCUT2D eigenvalue weighted by molar-refractivity contribution is -0.159. The molecule has 10 N–H and O–H groups in total. The van der Waals surface area contributed by atoms with Gasteiger partial charge in [-0.25, -0.2) is 9.59 Å². The van der Waals surface area contributed by atoms with Gasteiger partial charge in [-0.3, -0.25) is 62.3 Å². The Balaban J connectivity index is 0.000000317. The van der Waals surface area contributed by atoms with Crippen LogP contribution >= 0.6 is 34.8 Å². The number of nitrogens with zero attached hydrogens (tertiary/aromatic N) is 3. The van der Waals surface area contributed by atoms with Gasteiger partial charge in [-0.2, -0.15) is 0 Å². The minimum Gasteiger partial charge on any atom is -0.481 e. The summed E-state index contributed by atoms with van der Waals surface area (Å²) in [6.45, 7) is 22.0. The first kappa shape index (κ1) is 123. The Morgan fingerprint density at radius 2 is 0.664 bits per heavy atom. The number of carbonyl (C=O) groups excluding carboxylic acids is 12. The lowest BCUT2D eigenvalue weighted by Gasteiger charge is -2.45. The molecule has 12 atom stereocenters. The summed E-state index contributed by atoms with van der Waals surface area (Å²) in [7, 11) is 5.69. The number of carboxylic acids is 3. The third-order valence-electron chi connectivity index (χ3n) is 24.5. The molecule has 3 fully saturated rings. The van der Waals surface area contributed by atoms with Crippen LogP contribution in [0.2, 0.25) is 15.1 Å². The van der Waals surface area contributed by atoms with Crippen LogP contribution in [0.25, 0.3) is 0 Å². The molecule has 0 radical (unpaired) electrons. The lowest BCUT2D eigenvalue weighted by Crippen LogP contribution is -2.64. The molecule has 800 valence electrons. The zero-order chi connectivity index (χ0) is 108. The number of ether oxygens (including phenoxy) is 7. The van der Waals surface area contributed by atoms with Gasteiger partial charge in [-0.15, -0.1) is 0 Å². The zero-order valence-corrected chi connectivity index (χ0v) is 89.0. The molecule has 146 heavy (non-hydrogen) atoms. The minimum atomic E-state index is -1.07. The van der Waals surface area contributed by atoms with E-state index < -0.39 is 141 Å². The number of amides is 8. The van der Waals surface area contributed by atoms with Gasteiger partial charge >= 0.3 is 42.0 Å². The summed E-state index contributed by atoms with van der Waals surface area (Å²) < 4.78 is 36.1. The number of rotatable bonds is 44. The normalized spacial score (nSPS) is 18.0. The Bertz CT molecular complexity index is 5050. The number of likely N-dealkylation sites (tertiary alicyclic amines) is 3. The first-order valence-corrected chi connectivity index (χ1v) is 50.2. The Morgan fingerprint density at radius 3 is 0.938 bits per heavy atom. The molecule has 0 bridgehead atoms. The number of carboxylic acid groups (broad SMARTS) is 3. The van der Waals surface area contributed by atoms with Gasteiger partial charge in [0.1, 0.15) is 22.8 Å². The molecule has 3 saturated heterocycles. The first-order valence-electron chi connectivity index (χ1n) is 49.1. The van der Waals surface area contributed by atoms with Crippen molar-refractivity contribution < 1.29 is 120 Å². The van der Waals surface area contributed by atoms with E-state index in [1.165, 1.54) is 49.2 Å². The van der Waals surface area contributed by atoms with Gasteiger partial charge in [0, 0.05) is 88.5 Å². The average Bonchev–Trinajstić information content (AvgIpc) is 0.798. The number of Topliss-reactive ketones (excluding diaryl/α,β-unsaturated/α-hetero) is 2. The fourth-order valence-corrected chi connectivity index (χ4v) is 18.0. The number of ketones is 2. The van der Waals surface area contributed by atoms with Crippen molar-refractivity contribution in [2.24, 2.45) is 41.2 Å². The Hall–Kier alpha value is -11.9. The van der Waals surface area contributed by atoms with Crippen molar-refractivity contribution in [3.8, 4) is 0 Å². The van der Waals surface area contributed by atoms with Gasteiger partial charge in [0.05, 0.1) is 117 Å². The van der Waals surface area contributed by atoms with Gasteiger partial charge in [0.2, 0.25) is 35.4 Å². The van der Waals surface area contributed by atoms with Crippen LogP contribution in [-0.4, -0.2) is 258 Å². The molecular weight excluding hydrogens is 1940 g/mol. The fraction of sp³-hybridized carbons (Fsp3) is 0.532. The van der Waals surface area contributed by atoms with E-state index in [4.69, 9.17) is 78.8 Å². The highest BCUT2D eigenvalue weighted by molar-refractivity contribution is 6.31. The SMILES string of the molecule is COC[C@H](CC(=O)[C@H](C)NC(=O)OC(C)(C)C)C(=O)N[C@@]1(Cc2ccc(Cl)cc2)CCCN(C(=O)[C@@H](CC(=O)O)Cc2ccccc2)C1.COC[C@H](CC(=O)[C@H](C)NC(=O)OC(C)(C)C)C(=O)N[C@@]1(Cc2ccc(Cl)cc2)CCCN(C(=O)[C@@H](CC(=O)O)Cc2ccccc2)C1.COC[C@H](N)C(=O)N[C@@]1(Cc2ccc(Cl)cc2)CCCN(C(=O)[C@@H](CC(=O)OC)Cc2ccccc2)C1.C[C@H](CC(=O)OC(C)(C)C)C(=O)O. The molecule has 0 aliphatic carbocycles. The maximum absolute atomic E-state index is 14.0. The topological polar surface area (TPSA) is 477 Å². The van der Waals surface area contributed by atoms with Crippen LogP contribution in [-0.2, 0) is 134 Å². The molecule has 0 aromatic heterocycles. The summed E-state index contributed by atoms with van der Waals surface area (Å²) in [5, 5.41) is 44.1. The van der Waals surface area contributed by atoms with Crippen molar-refractivity contribution in [1.29, 1.82) is 0 Å². The number of methoxy groups -OCH3 is 4. The molecule has 6 aromatic rings. The van der Waals surface area contributed by atoms with Gasteiger partial charge < -0.3 is 95.5 Å². The van der Waals surface area contributed by atoms with Crippen molar-refractivity contribution >= 4 is 124 Å². The number of nitrogens with two attached hydrogens (primary N) is 1. The second-order valence-electron chi connectivity index (χ2n) is 40.9. The minimum absolute atomic E-state index is 0.0179. The number of piperidine rings is 3. The summed E-state index contributed by atoms with van der Waals surface area (Å²) in [5.41, 5.74) is 6.86. The van der Waals surface area contributed by atoms with Crippen molar-refractivity contribution in [3.05, 3.63) is 212 Å². The van der Waals surface area contributed by atoms with Crippen molar-refractivity contribution in [3.63, 3.8) is 0 Å². The quantitative estimate of drug-likeness (QED) is 0.0127. The predicted molar refractivity (Wildman–Crippen MR) is 552 cm³/mol. The molecule has 37 heteroatoms. The Kier molecular flexibility index (Phi) is 49.8. The number of halogens is 3. The number of alkyl carbamates (subject to hydrolysis) is 2. The van der Waals surface area contributed by atoms with Crippen molar-refractivity contribution in [2.45, 2.75) is 250 Å². The fourth-order valence-electron chi connectivity index (χ4n) is 17.6. The highest BCUT2D eigenvalue weighted by atomic mass is 35.5. The monoisotopic (exact) mass is 2090 g/mol. The van der Waals surface area contributed by atoms with Crippen LogP contribution in [0.5, 0.6) is 0 Å². The number of esters is 2. The summed E-state index contributed by atoms with van der Waals surface area (Å²) in [4.78, 5) is 196. The molecule has 0 saturated carbocycles. The maximum atomic E-state index is 14.0. The Labute approximate surface area is 871 Å². The van der Waals surface area contributed by atoms with E-state index >= 15 is 0 Å². The van der Waals surface area contributed by atoms with E-state index in [0.717, 1.165) is 33.4 Å². The third kappa shape index (κ3) is 44.4. The number of carbonyl (C=O) groups is 15. The molecule has 0 spiro atoms. The van der Waals surface area contributed by atoms with Crippen molar-refractivity contribution in [2.75, 3.05) is 87.5 Å². The average molecular weight is 2090 g/mol. The molecule has 3 heterocycles. The highest BCUT2D eigenvalue weighted by Crippen LogP contribution is 2.35. The third-order valence-corrected chi connectivity index (χ3v) is 25.3. The number of benzene rings is 6. The Morgan fingerprint density at radius 1 is 0.370 bits per heavy atom.